The van der Waals surface area contributed by atoms with Crippen LogP contribution in [-0.4, -0.2) is 18.9 Å². The molecule has 1 heterocycles. The van der Waals surface area contributed by atoms with Crippen LogP contribution >= 0.6 is 0 Å². The molecule has 23 heavy (non-hydrogen) atoms. The summed E-state index contributed by atoms with van der Waals surface area (Å²) in [6.45, 7) is 2.55. The second-order valence-electron chi connectivity index (χ2n) is 5.17. The van der Waals surface area contributed by atoms with Crippen molar-refractivity contribution >= 4 is 17.9 Å². The minimum absolute atomic E-state index is 0.326. The van der Waals surface area contributed by atoms with E-state index in [1.807, 2.05) is 66.7 Å². The van der Waals surface area contributed by atoms with Crippen LogP contribution < -0.4 is 4.90 Å². The molecule has 0 bridgehead atoms. The van der Waals surface area contributed by atoms with E-state index in [0.29, 0.717) is 13.2 Å². The van der Waals surface area contributed by atoms with Gasteiger partial charge in [-0.3, -0.25) is 0 Å². The first-order valence-corrected chi connectivity index (χ1v) is 7.68. The molecule has 4 heteroatoms. The van der Waals surface area contributed by atoms with Crippen LogP contribution in [0, 0.1) is 0 Å². The number of benzene rings is 2. The van der Waals surface area contributed by atoms with Crippen LogP contribution in [0.25, 0.3) is 6.08 Å². The molecule has 0 aromatic heterocycles. The van der Waals surface area contributed by atoms with Gasteiger partial charge in [0.15, 0.2) is 6.23 Å². The average Bonchev–Trinajstić information content (AvgIpc) is 2.60. The molecule has 1 aliphatic rings. The van der Waals surface area contributed by atoms with E-state index in [2.05, 4.69) is 0 Å². The van der Waals surface area contributed by atoms with Crippen molar-refractivity contribution in [3.8, 4) is 0 Å². The fraction of sp³-hybridized carbons (Fsp3) is 0.211. The highest BCUT2D eigenvalue weighted by molar-refractivity contribution is 5.93. The molecule has 0 fully saturated rings. The first-order valence-electron chi connectivity index (χ1n) is 7.68. The monoisotopic (exact) mass is 309 g/mol. The third-order valence-corrected chi connectivity index (χ3v) is 3.62. The molecule has 4 nitrogen and oxygen atoms in total. The third kappa shape index (κ3) is 3.43. The van der Waals surface area contributed by atoms with E-state index in [1.165, 1.54) is 0 Å². The summed E-state index contributed by atoms with van der Waals surface area (Å²) in [5, 5.41) is 0. The van der Waals surface area contributed by atoms with Crippen molar-refractivity contribution in [3.63, 3.8) is 0 Å². The van der Waals surface area contributed by atoms with E-state index in [9.17, 15) is 4.79 Å². The molecule has 0 N–H and O–H groups in total. The molecular formula is C19H19NO3. The number of fused-ring (bicyclic) bond motifs is 1. The smallest absolute Gasteiger partial charge is 0.416 e. The van der Waals surface area contributed by atoms with Crippen LogP contribution in [-0.2, 0) is 16.1 Å². The van der Waals surface area contributed by atoms with Gasteiger partial charge in [-0.15, -0.1) is 0 Å². The Labute approximate surface area is 135 Å². The lowest BCUT2D eigenvalue weighted by Crippen LogP contribution is -2.43. The molecule has 1 amide bonds. The Kier molecular flexibility index (Phi) is 4.74. The van der Waals surface area contributed by atoms with Crippen molar-refractivity contribution in [1.29, 1.82) is 0 Å². The van der Waals surface area contributed by atoms with Gasteiger partial charge in [-0.25, -0.2) is 9.69 Å². The van der Waals surface area contributed by atoms with Crippen molar-refractivity contribution in [2.45, 2.75) is 19.8 Å². The molecule has 118 valence electrons. The van der Waals surface area contributed by atoms with Gasteiger partial charge in [0.1, 0.15) is 0 Å². The van der Waals surface area contributed by atoms with E-state index in [4.69, 9.17) is 9.47 Å². The maximum absolute atomic E-state index is 12.4. The first-order chi connectivity index (χ1) is 11.3. The number of amides is 1. The van der Waals surface area contributed by atoms with E-state index >= 15 is 0 Å². The van der Waals surface area contributed by atoms with Crippen molar-refractivity contribution in [2.75, 3.05) is 11.5 Å². The molecular weight excluding hydrogens is 290 g/mol. The number of rotatable bonds is 4. The molecule has 0 radical (unpaired) electrons. The number of ether oxygens (including phenoxy) is 2. The van der Waals surface area contributed by atoms with Crippen LogP contribution in [0.15, 0.2) is 60.7 Å². The van der Waals surface area contributed by atoms with Gasteiger partial charge in [-0.1, -0.05) is 54.6 Å². The molecule has 1 aliphatic heterocycles. The number of carbonyl (C=O) groups is 1. The van der Waals surface area contributed by atoms with E-state index in [1.54, 1.807) is 11.8 Å². The third-order valence-electron chi connectivity index (χ3n) is 3.62. The summed E-state index contributed by atoms with van der Waals surface area (Å²) in [5.41, 5.74) is 2.83. The Morgan fingerprint density at radius 1 is 1.09 bits per heavy atom. The van der Waals surface area contributed by atoms with Gasteiger partial charge in [-0.2, -0.15) is 0 Å². The van der Waals surface area contributed by atoms with Gasteiger partial charge < -0.3 is 9.47 Å². The lowest BCUT2D eigenvalue weighted by molar-refractivity contribution is 0.0632. The van der Waals surface area contributed by atoms with Gasteiger partial charge in [0.25, 0.3) is 0 Å². The molecule has 1 atom stereocenters. The first kappa shape index (κ1) is 15.3. The lowest BCUT2D eigenvalue weighted by atomic mass is 10.1. The van der Waals surface area contributed by atoms with Crippen LogP contribution in [0.5, 0.6) is 0 Å². The van der Waals surface area contributed by atoms with Crippen LogP contribution in [0.2, 0.25) is 0 Å². The van der Waals surface area contributed by atoms with Gasteiger partial charge in [0.05, 0.1) is 18.9 Å². The number of anilines is 1. The van der Waals surface area contributed by atoms with Gasteiger partial charge in [0.2, 0.25) is 0 Å². The fourth-order valence-corrected chi connectivity index (χ4v) is 2.54. The number of hydrogen-bond donors (Lipinski definition) is 0. The van der Waals surface area contributed by atoms with Gasteiger partial charge in [0, 0.05) is 0 Å². The topological polar surface area (TPSA) is 38.8 Å². The number of carbonyl (C=O) groups excluding carboxylic acids is 1. The van der Waals surface area contributed by atoms with Gasteiger partial charge in [-0.05, 0) is 30.2 Å². The van der Waals surface area contributed by atoms with Crippen molar-refractivity contribution < 1.29 is 14.3 Å². The largest absolute Gasteiger partial charge is 0.449 e. The number of hydrogen-bond acceptors (Lipinski definition) is 3. The minimum atomic E-state index is -0.482. The normalized spacial score (nSPS) is 16.0. The predicted molar refractivity (Wildman–Crippen MR) is 90.0 cm³/mol. The van der Waals surface area contributed by atoms with E-state index in [-0.39, 0.29) is 0 Å². The molecule has 2 aromatic rings. The van der Waals surface area contributed by atoms with Crippen LogP contribution in [0.3, 0.4) is 0 Å². The summed E-state index contributed by atoms with van der Waals surface area (Å²) in [5.74, 6) is 0. The lowest BCUT2D eigenvalue weighted by Gasteiger charge is -2.32. The van der Waals surface area contributed by atoms with Crippen LogP contribution in [0.4, 0.5) is 10.5 Å². The molecule has 0 aliphatic carbocycles. The molecule has 0 saturated carbocycles. The Hall–Kier alpha value is -2.59. The SMILES string of the molecule is CCOC(=O)N1c2ccccc2C=CC1OCc1ccccc1. The summed E-state index contributed by atoms with van der Waals surface area (Å²) in [6, 6.07) is 17.6. The average molecular weight is 309 g/mol. The summed E-state index contributed by atoms with van der Waals surface area (Å²) in [7, 11) is 0. The fourth-order valence-electron chi connectivity index (χ4n) is 2.54. The standard InChI is InChI=1S/C19H19NO3/c1-2-22-19(21)20-17-11-7-6-10-16(17)12-13-18(20)23-14-15-8-4-3-5-9-15/h3-13,18H,2,14H2,1H3. The zero-order valence-corrected chi connectivity index (χ0v) is 13.0. The second kappa shape index (κ2) is 7.11. The maximum Gasteiger partial charge on any atom is 0.416 e. The summed E-state index contributed by atoms with van der Waals surface area (Å²) in [4.78, 5) is 13.9. The molecule has 1 unspecified atom stereocenters. The Bertz CT molecular complexity index is 697. The maximum atomic E-state index is 12.4. The molecule has 2 aromatic carbocycles. The Morgan fingerprint density at radius 2 is 1.83 bits per heavy atom. The summed E-state index contributed by atoms with van der Waals surface area (Å²) in [6.07, 6.45) is 2.97. The van der Waals surface area contributed by atoms with E-state index < -0.39 is 12.3 Å². The summed E-state index contributed by atoms with van der Waals surface area (Å²) >= 11 is 0. The quantitative estimate of drug-likeness (QED) is 0.849. The van der Waals surface area contributed by atoms with E-state index in [0.717, 1.165) is 16.8 Å². The van der Waals surface area contributed by atoms with Gasteiger partial charge >= 0.3 is 6.09 Å². The Balaban J connectivity index is 1.82. The number of para-hydroxylation sites is 1. The predicted octanol–water partition coefficient (Wildman–Crippen LogP) is 4.22. The van der Waals surface area contributed by atoms with Crippen LogP contribution in [0.1, 0.15) is 18.1 Å². The highest BCUT2D eigenvalue weighted by Crippen LogP contribution is 2.30. The molecule has 0 spiro atoms. The number of nitrogens with zero attached hydrogens (tertiary/aromatic N) is 1. The summed E-state index contributed by atoms with van der Waals surface area (Å²) < 4.78 is 11.1. The zero-order valence-electron chi connectivity index (χ0n) is 13.0. The minimum Gasteiger partial charge on any atom is -0.449 e. The second-order valence-corrected chi connectivity index (χ2v) is 5.17. The molecule has 3 rings (SSSR count). The highest BCUT2D eigenvalue weighted by Gasteiger charge is 2.29. The van der Waals surface area contributed by atoms with Crippen molar-refractivity contribution in [3.05, 3.63) is 71.8 Å². The van der Waals surface area contributed by atoms with Crippen molar-refractivity contribution in [2.24, 2.45) is 0 Å². The van der Waals surface area contributed by atoms with Crippen molar-refractivity contribution in [1.82, 2.24) is 0 Å². The highest BCUT2D eigenvalue weighted by atomic mass is 16.6. The zero-order chi connectivity index (χ0) is 16.1. The molecule has 0 saturated heterocycles. The Morgan fingerprint density at radius 3 is 2.61 bits per heavy atom.